The molecular weight excluding hydrogens is 222 g/mol. The molecule has 0 spiro atoms. The summed E-state index contributed by atoms with van der Waals surface area (Å²) in [5.41, 5.74) is 6.10. The van der Waals surface area contributed by atoms with E-state index in [2.05, 4.69) is 14.7 Å². The Hall–Kier alpha value is -1.69. The molecule has 17 heavy (non-hydrogen) atoms. The van der Waals surface area contributed by atoms with Crippen molar-refractivity contribution in [3.63, 3.8) is 0 Å². The van der Waals surface area contributed by atoms with Gasteiger partial charge in [0.05, 0.1) is 19.4 Å². The van der Waals surface area contributed by atoms with Crippen LogP contribution < -0.4 is 5.73 Å². The molecule has 0 aliphatic heterocycles. The molecular formula is C11H17N3O3. The first-order valence-corrected chi connectivity index (χ1v) is 5.44. The topological polar surface area (TPSA) is 98.1 Å². The Morgan fingerprint density at radius 2 is 2.35 bits per heavy atom. The first kappa shape index (κ1) is 13.4. The number of imidazole rings is 1. The molecule has 0 saturated heterocycles. The number of aromatic amines is 1. The van der Waals surface area contributed by atoms with Gasteiger partial charge in [-0.25, -0.2) is 4.98 Å². The van der Waals surface area contributed by atoms with E-state index in [4.69, 9.17) is 5.73 Å². The minimum atomic E-state index is -0.473. The van der Waals surface area contributed by atoms with Crippen molar-refractivity contribution in [2.24, 2.45) is 11.7 Å². The van der Waals surface area contributed by atoms with Crippen LogP contribution in [0.4, 0.5) is 0 Å². The maximum absolute atomic E-state index is 11.5. The predicted molar refractivity (Wildman–Crippen MR) is 61.1 cm³/mol. The summed E-state index contributed by atoms with van der Waals surface area (Å²) in [6.07, 6.45) is 4.02. The number of rotatable bonds is 7. The number of carbonyl (C=O) groups is 2. The van der Waals surface area contributed by atoms with Crippen molar-refractivity contribution in [2.45, 2.75) is 19.3 Å². The Balaban J connectivity index is 2.60. The summed E-state index contributed by atoms with van der Waals surface area (Å²) >= 11 is 0. The Morgan fingerprint density at radius 1 is 1.59 bits per heavy atom. The lowest BCUT2D eigenvalue weighted by atomic mass is 9.96. The average molecular weight is 239 g/mol. The Morgan fingerprint density at radius 3 is 2.88 bits per heavy atom. The molecule has 0 bridgehead atoms. The molecule has 1 atom stereocenters. The van der Waals surface area contributed by atoms with E-state index in [9.17, 15) is 9.59 Å². The molecule has 1 unspecified atom stereocenters. The zero-order chi connectivity index (χ0) is 12.7. The highest BCUT2D eigenvalue weighted by molar-refractivity contribution is 5.84. The zero-order valence-electron chi connectivity index (χ0n) is 9.81. The summed E-state index contributed by atoms with van der Waals surface area (Å²) < 4.78 is 4.68. The molecule has 6 heteroatoms. The molecule has 1 rings (SSSR count). The standard InChI is InChI=1S/C11H17N3O3/c1-17-11(16)8(5-10(15)2-3-12)4-9-6-13-7-14-9/h6-8H,2-5,12H2,1H3,(H,13,14). The van der Waals surface area contributed by atoms with Crippen molar-refractivity contribution in [1.82, 2.24) is 9.97 Å². The number of ketones is 1. The van der Waals surface area contributed by atoms with Gasteiger partial charge < -0.3 is 15.5 Å². The minimum Gasteiger partial charge on any atom is -0.469 e. The van der Waals surface area contributed by atoms with Gasteiger partial charge in [0, 0.05) is 31.2 Å². The fourth-order valence-electron chi connectivity index (χ4n) is 1.61. The number of esters is 1. The summed E-state index contributed by atoms with van der Waals surface area (Å²) in [6.45, 7) is 0.302. The number of hydrogen-bond acceptors (Lipinski definition) is 5. The number of methoxy groups -OCH3 is 1. The smallest absolute Gasteiger partial charge is 0.309 e. The highest BCUT2D eigenvalue weighted by Crippen LogP contribution is 2.13. The Bertz CT molecular complexity index is 362. The van der Waals surface area contributed by atoms with Crippen LogP contribution in [0.5, 0.6) is 0 Å². The van der Waals surface area contributed by atoms with E-state index in [0.717, 1.165) is 5.69 Å². The molecule has 0 aliphatic rings. The van der Waals surface area contributed by atoms with Gasteiger partial charge in [0.25, 0.3) is 0 Å². The van der Waals surface area contributed by atoms with Gasteiger partial charge in [0.2, 0.25) is 0 Å². The molecule has 1 aromatic rings. The molecule has 3 N–H and O–H groups in total. The number of aromatic nitrogens is 2. The molecule has 0 aliphatic carbocycles. The fourth-order valence-corrected chi connectivity index (χ4v) is 1.61. The molecule has 6 nitrogen and oxygen atoms in total. The first-order valence-electron chi connectivity index (χ1n) is 5.44. The van der Waals surface area contributed by atoms with E-state index in [1.54, 1.807) is 6.20 Å². The summed E-state index contributed by atoms with van der Waals surface area (Å²) in [6, 6.07) is 0. The highest BCUT2D eigenvalue weighted by Gasteiger charge is 2.23. The van der Waals surface area contributed by atoms with Gasteiger partial charge in [0.15, 0.2) is 0 Å². The SMILES string of the molecule is COC(=O)C(CC(=O)CCN)Cc1cnc[nH]1. The number of nitrogens with two attached hydrogens (primary N) is 1. The molecule has 1 aromatic heterocycles. The van der Waals surface area contributed by atoms with E-state index in [1.165, 1.54) is 13.4 Å². The normalized spacial score (nSPS) is 12.1. The van der Waals surface area contributed by atoms with E-state index < -0.39 is 5.92 Å². The van der Waals surface area contributed by atoms with Crippen LogP contribution in [-0.2, 0) is 20.7 Å². The van der Waals surface area contributed by atoms with Crippen LogP contribution in [0.25, 0.3) is 0 Å². The molecule has 1 heterocycles. The Kier molecular flexibility index (Phi) is 5.35. The second-order valence-electron chi connectivity index (χ2n) is 3.78. The summed E-state index contributed by atoms with van der Waals surface area (Å²) in [5, 5.41) is 0. The molecule has 94 valence electrons. The molecule has 0 fully saturated rings. The van der Waals surface area contributed by atoms with E-state index >= 15 is 0 Å². The van der Waals surface area contributed by atoms with Crippen molar-refractivity contribution >= 4 is 11.8 Å². The average Bonchev–Trinajstić information content (AvgIpc) is 2.80. The predicted octanol–water partition coefficient (Wildman–Crippen LogP) is 0.0494. The lowest BCUT2D eigenvalue weighted by molar-refractivity contribution is -0.147. The molecule has 0 aromatic carbocycles. The largest absolute Gasteiger partial charge is 0.469 e. The van der Waals surface area contributed by atoms with Crippen LogP contribution in [0, 0.1) is 5.92 Å². The lowest BCUT2D eigenvalue weighted by Crippen LogP contribution is -2.23. The Labute approximate surface area is 99.6 Å². The molecule has 0 amide bonds. The maximum Gasteiger partial charge on any atom is 0.309 e. The number of nitrogens with zero attached hydrogens (tertiary/aromatic N) is 1. The van der Waals surface area contributed by atoms with Gasteiger partial charge in [-0.15, -0.1) is 0 Å². The van der Waals surface area contributed by atoms with Crippen molar-refractivity contribution < 1.29 is 14.3 Å². The van der Waals surface area contributed by atoms with Gasteiger partial charge >= 0.3 is 5.97 Å². The molecule has 0 saturated carbocycles. The zero-order valence-corrected chi connectivity index (χ0v) is 9.81. The van der Waals surface area contributed by atoms with Crippen molar-refractivity contribution in [3.05, 3.63) is 18.2 Å². The number of hydrogen-bond donors (Lipinski definition) is 2. The van der Waals surface area contributed by atoms with Gasteiger partial charge in [0.1, 0.15) is 5.78 Å². The third-order valence-corrected chi connectivity index (χ3v) is 2.45. The van der Waals surface area contributed by atoms with Crippen molar-refractivity contribution in [1.29, 1.82) is 0 Å². The third-order valence-electron chi connectivity index (χ3n) is 2.45. The summed E-state index contributed by atoms with van der Waals surface area (Å²) in [4.78, 5) is 29.8. The van der Waals surface area contributed by atoms with Crippen molar-refractivity contribution in [2.75, 3.05) is 13.7 Å². The third kappa shape index (κ3) is 4.36. The van der Waals surface area contributed by atoms with Crippen LogP contribution in [0.3, 0.4) is 0 Å². The van der Waals surface area contributed by atoms with Gasteiger partial charge in [-0.1, -0.05) is 0 Å². The van der Waals surface area contributed by atoms with E-state index in [1.807, 2.05) is 0 Å². The number of ether oxygens (including phenoxy) is 1. The van der Waals surface area contributed by atoms with Gasteiger partial charge in [-0.3, -0.25) is 9.59 Å². The van der Waals surface area contributed by atoms with Crippen LogP contribution in [0.15, 0.2) is 12.5 Å². The number of nitrogens with one attached hydrogen (secondary N) is 1. The van der Waals surface area contributed by atoms with Crippen LogP contribution in [0.1, 0.15) is 18.5 Å². The van der Waals surface area contributed by atoms with E-state index in [0.29, 0.717) is 13.0 Å². The fraction of sp³-hybridized carbons (Fsp3) is 0.545. The molecule has 0 radical (unpaired) electrons. The second-order valence-corrected chi connectivity index (χ2v) is 3.78. The first-order chi connectivity index (χ1) is 8.17. The quantitative estimate of drug-likeness (QED) is 0.655. The second kappa shape index (κ2) is 6.80. The number of carbonyl (C=O) groups excluding carboxylic acids is 2. The van der Waals surface area contributed by atoms with Crippen LogP contribution in [-0.4, -0.2) is 35.4 Å². The van der Waals surface area contributed by atoms with Gasteiger partial charge in [-0.05, 0) is 6.54 Å². The van der Waals surface area contributed by atoms with Crippen LogP contribution in [0.2, 0.25) is 0 Å². The summed E-state index contributed by atoms with van der Waals surface area (Å²) in [7, 11) is 1.32. The summed E-state index contributed by atoms with van der Waals surface area (Å²) in [5.74, 6) is -0.883. The monoisotopic (exact) mass is 239 g/mol. The van der Waals surface area contributed by atoms with E-state index in [-0.39, 0.29) is 24.6 Å². The number of H-pyrrole nitrogens is 1. The van der Waals surface area contributed by atoms with Crippen molar-refractivity contribution in [3.8, 4) is 0 Å². The van der Waals surface area contributed by atoms with Gasteiger partial charge in [-0.2, -0.15) is 0 Å². The minimum absolute atomic E-state index is 0.0255. The van der Waals surface area contributed by atoms with Crippen LogP contribution >= 0.6 is 0 Å². The number of Topliss-reactive ketones (excluding diaryl/α,β-unsaturated/α-hetero) is 1. The lowest BCUT2D eigenvalue weighted by Gasteiger charge is -2.12. The highest BCUT2D eigenvalue weighted by atomic mass is 16.5. The maximum atomic E-state index is 11.5.